The molecule has 0 aromatic carbocycles. The van der Waals surface area contributed by atoms with Crippen LogP contribution in [0.25, 0.3) is 0 Å². The summed E-state index contributed by atoms with van der Waals surface area (Å²) in [5, 5.41) is 23.4. The fourth-order valence-corrected chi connectivity index (χ4v) is 3.10. The third-order valence-corrected chi connectivity index (χ3v) is 4.84. The number of likely N-dealkylation sites (tertiary alicyclic amines) is 1. The summed E-state index contributed by atoms with van der Waals surface area (Å²) in [5.41, 5.74) is -0.327. The van der Waals surface area contributed by atoms with Crippen molar-refractivity contribution >= 4 is 11.9 Å². The van der Waals surface area contributed by atoms with Gasteiger partial charge in [0.05, 0.1) is 17.8 Å². The zero-order valence-electron chi connectivity index (χ0n) is 13.9. The second-order valence-electron chi connectivity index (χ2n) is 6.19. The smallest absolute Gasteiger partial charge is 0.335 e. The highest BCUT2D eigenvalue weighted by Gasteiger charge is 2.40. The lowest BCUT2D eigenvalue weighted by Gasteiger charge is -2.35. The molecule has 1 aliphatic heterocycles. The molecule has 0 bridgehead atoms. The van der Waals surface area contributed by atoms with Crippen molar-refractivity contribution in [3.8, 4) is 0 Å². The van der Waals surface area contributed by atoms with Gasteiger partial charge in [-0.05, 0) is 19.8 Å². The summed E-state index contributed by atoms with van der Waals surface area (Å²) < 4.78 is 1.89. The fourth-order valence-electron chi connectivity index (χ4n) is 3.10. The predicted molar refractivity (Wildman–Crippen MR) is 84.3 cm³/mol. The van der Waals surface area contributed by atoms with E-state index in [-0.39, 0.29) is 37.9 Å². The number of hydrogen-bond donors (Lipinski definition) is 2. The summed E-state index contributed by atoms with van der Waals surface area (Å²) in [6, 6.07) is 0.273. The average molecular weight is 323 g/mol. The van der Waals surface area contributed by atoms with Crippen LogP contribution in [0.15, 0.2) is 6.20 Å². The highest BCUT2D eigenvalue weighted by atomic mass is 16.4. The third-order valence-electron chi connectivity index (χ3n) is 4.84. The van der Waals surface area contributed by atoms with Gasteiger partial charge in [0, 0.05) is 31.6 Å². The van der Waals surface area contributed by atoms with Gasteiger partial charge < -0.3 is 15.1 Å². The van der Waals surface area contributed by atoms with Crippen LogP contribution < -0.4 is 0 Å². The quantitative estimate of drug-likeness (QED) is 0.858. The second-order valence-corrected chi connectivity index (χ2v) is 6.19. The molecule has 0 unspecified atom stereocenters. The highest BCUT2D eigenvalue weighted by Crippen LogP contribution is 2.25. The Balaban J connectivity index is 2.12. The maximum Gasteiger partial charge on any atom is 0.335 e. The molecule has 0 aliphatic carbocycles. The van der Waals surface area contributed by atoms with Gasteiger partial charge in [-0.1, -0.05) is 13.8 Å². The minimum atomic E-state index is -1.72. The largest absolute Gasteiger partial charge is 0.479 e. The monoisotopic (exact) mass is 323 g/mol. The van der Waals surface area contributed by atoms with E-state index in [1.807, 2.05) is 11.6 Å². The molecule has 0 spiro atoms. The van der Waals surface area contributed by atoms with E-state index >= 15 is 0 Å². The number of piperidine rings is 1. The van der Waals surface area contributed by atoms with Gasteiger partial charge in [0.15, 0.2) is 5.60 Å². The normalized spacial score (nSPS) is 17.5. The number of rotatable bonds is 5. The minimum absolute atomic E-state index is 0.0494. The van der Waals surface area contributed by atoms with Crippen LogP contribution in [-0.4, -0.2) is 55.5 Å². The number of carboxylic acid groups (broad SMARTS) is 1. The van der Waals surface area contributed by atoms with E-state index in [1.54, 1.807) is 11.1 Å². The Kier molecular flexibility index (Phi) is 5.09. The molecule has 2 rings (SSSR count). The molecule has 2 heterocycles. The van der Waals surface area contributed by atoms with Gasteiger partial charge in [-0.3, -0.25) is 9.48 Å². The van der Waals surface area contributed by atoms with Crippen molar-refractivity contribution in [1.82, 2.24) is 14.7 Å². The van der Waals surface area contributed by atoms with Gasteiger partial charge >= 0.3 is 5.97 Å². The molecular formula is C16H25N3O4. The van der Waals surface area contributed by atoms with E-state index in [1.165, 1.54) is 0 Å². The van der Waals surface area contributed by atoms with Crippen molar-refractivity contribution in [2.75, 3.05) is 13.1 Å². The van der Waals surface area contributed by atoms with Crippen molar-refractivity contribution in [3.63, 3.8) is 0 Å². The predicted octanol–water partition coefficient (Wildman–Crippen LogP) is 1.60. The van der Waals surface area contributed by atoms with Crippen molar-refractivity contribution in [1.29, 1.82) is 0 Å². The van der Waals surface area contributed by atoms with E-state index in [4.69, 9.17) is 5.11 Å². The fraction of sp³-hybridized carbons (Fsp3) is 0.688. The van der Waals surface area contributed by atoms with Crippen LogP contribution in [0.4, 0.5) is 0 Å². The minimum Gasteiger partial charge on any atom is -0.479 e. The lowest BCUT2D eigenvalue weighted by Crippen LogP contribution is -2.50. The van der Waals surface area contributed by atoms with Crippen molar-refractivity contribution in [2.24, 2.45) is 0 Å². The summed E-state index contributed by atoms with van der Waals surface area (Å²) in [5.74, 6) is -1.37. The number of carboxylic acids is 1. The van der Waals surface area contributed by atoms with Crippen LogP contribution in [0.2, 0.25) is 0 Å². The van der Waals surface area contributed by atoms with Crippen LogP contribution in [0, 0.1) is 6.92 Å². The first-order valence-corrected chi connectivity index (χ1v) is 8.13. The summed E-state index contributed by atoms with van der Waals surface area (Å²) in [4.78, 5) is 25.3. The molecule has 1 aromatic rings. The number of nitrogens with zero attached hydrogens (tertiary/aromatic N) is 3. The Bertz CT molecular complexity index is 584. The van der Waals surface area contributed by atoms with Gasteiger partial charge in [-0.15, -0.1) is 0 Å². The maximum atomic E-state index is 12.7. The summed E-state index contributed by atoms with van der Waals surface area (Å²) in [7, 11) is 0. The lowest BCUT2D eigenvalue weighted by molar-refractivity contribution is -0.162. The molecule has 0 atom stereocenters. The first-order chi connectivity index (χ1) is 10.8. The van der Waals surface area contributed by atoms with E-state index in [2.05, 4.69) is 18.9 Å². The van der Waals surface area contributed by atoms with E-state index in [0.717, 1.165) is 18.5 Å². The zero-order chi connectivity index (χ0) is 17.2. The summed E-state index contributed by atoms with van der Waals surface area (Å²) in [6.07, 6.45) is 3.58. The molecule has 0 saturated carbocycles. The maximum absolute atomic E-state index is 12.7. The molecule has 128 valence electrons. The Labute approximate surface area is 135 Å². The van der Waals surface area contributed by atoms with E-state index in [9.17, 15) is 14.7 Å². The Hall–Kier alpha value is -1.89. The molecule has 7 heteroatoms. The van der Waals surface area contributed by atoms with Gasteiger partial charge in [0.1, 0.15) is 0 Å². The van der Waals surface area contributed by atoms with Crippen LogP contribution in [0.1, 0.15) is 61.6 Å². The number of carbonyl (C=O) groups excluding carboxylic acids is 1. The molecule has 1 aliphatic rings. The first-order valence-electron chi connectivity index (χ1n) is 8.13. The summed E-state index contributed by atoms with van der Waals surface area (Å²) in [6.45, 7) is 6.53. The Morgan fingerprint density at radius 2 is 1.87 bits per heavy atom. The number of aromatic nitrogens is 2. The zero-order valence-corrected chi connectivity index (χ0v) is 13.9. The second kappa shape index (κ2) is 6.70. The number of aliphatic hydroxyl groups is 1. The van der Waals surface area contributed by atoms with E-state index < -0.39 is 11.6 Å². The third kappa shape index (κ3) is 3.24. The van der Waals surface area contributed by atoms with Crippen molar-refractivity contribution in [3.05, 3.63) is 17.5 Å². The number of carbonyl (C=O) groups is 2. The molecule has 1 aromatic heterocycles. The molecule has 1 amide bonds. The van der Waals surface area contributed by atoms with Gasteiger partial charge in [0.2, 0.25) is 0 Å². The van der Waals surface area contributed by atoms with Crippen LogP contribution in [0.5, 0.6) is 0 Å². The molecule has 1 fully saturated rings. The SMILES string of the molecule is CCC(CC)n1ncc(C(=O)N2CCC(O)(C(=O)O)CC2)c1C. The standard InChI is InChI=1S/C16H25N3O4/c1-4-12(5-2)19-11(3)13(10-17-19)14(20)18-8-6-16(23,7-9-18)15(21)22/h10,12,23H,4-9H2,1-3H3,(H,21,22). The van der Waals surface area contributed by atoms with Gasteiger partial charge in [-0.25, -0.2) is 4.79 Å². The van der Waals surface area contributed by atoms with Crippen LogP contribution in [0.3, 0.4) is 0 Å². The van der Waals surface area contributed by atoms with E-state index in [0.29, 0.717) is 5.56 Å². The average Bonchev–Trinajstić information content (AvgIpc) is 2.90. The first kappa shape index (κ1) is 17.5. The van der Waals surface area contributed by atoms with Gasteiger partial charge in [-0.2, -0.15) is 5.10 Å². The van der Waals surface area contributed by atoms with Crippen LogP contribution >= 0.6 is 0 Å². The molecule has 1 saturated heterocycles. The topological polar surface area (TPSA) is 95.7 Å². The molecule has 0 radical (unpaired) electrons. The molecular weight excluding hydrogens is 298 g/mol. The van der Waals surface area contributed by atoms with Crippen molar-refractivity contribution < 1.29 is 19.8 Å². The Morgan fingerprint density at radius 1 is 1.30 bits per heavy atom. The number of aliphatic carboxylic acids is 1. The number of hydrogen-bond acceptors (Lipinski definition) is 4. The van der Waals surface area contributed by atoms with Crippen molar-refractivity contribution in [2.45, 2.75) is 58.1 Å². The molecule has 23 heavy (non-hydrogen) atoms. The Morgan fingerprint density at radius 3 is 2.35 bits per heavy atom. The lowest BCUT2D eigenvalue weighted by atomic mass is 9.91. The van der Waals surface area contributed by atoms with Crippen LogP contribution in [-0.2, 0) is 4.79 Å². The number of amides is 1. The van der Waals surface area contributed by atoms with Gasteiger partial charge in [0.25, 0.3) is 5.91 Å². The molecule has 2 N–H and O–H groups in total. The molecule has 7 nitrogen and oxygen atoms in total. The summed E-state index contributed by atoms with van der Waals surface area (Å²) >= 11 is 0. The highest BCUT2D eigenvalue weighted by molar-refractivity contribution is 5.95.